The highest BCUT2D eigenvalue weighted by Gasteiger charge is 2.33. The van der Waals surface area contributed by atoms with E-state index in [0.29, 0.717) is 11.5 Å². The molecule has 1 aromatic carbocycles. The Morgan fingerprint density at radius 1 is 0.957 bits per heavy atom. The molecule has 0 radical (unpaired) electrons. The Morgan fingerprint density at radius 2 is 1.57 bits per heavy atom. The first kappa shape index (κ1) is 16.5. The smallest absolute Gasteiger partial charge is 0.243 e. The molecule has 2 aliphatic rings. The van der Waals surface area contributed by atoms with Crippen LogP contribution in [0.15, 0.2) is 23.1 Å². The molecule has 0 aliphatic carbocycles. The van der Waals surface area contributed by atoms with Gasteiger partial charge in [-0.15, -0.1) is 0 Å². The van der Waals surface area contributed by atoms with E-state index >= 15 is 0 Å². The van der Waals surface area contributed by atoms with Gasteiger partial charge in [-0.25, -0.2) is 16.8 Å². The highest BCUT2D eigenvalue weighted by atomic mass is 32.2. The largest absolute Gasteiger partial charge is 0.454 e. The lowest BCUT2D eigenvalue weighted by Gasteiger charge is -2.33. The first-order valence-electron chi connectivity index (χ1n) is 7.22. The molecule has 0 atom stereocenters. The van der Waals surface area contributed by atoms with Gasteiger partial charge in [0, 0.05) is 32.2 Å². The zero-order valence-electron chi connectivity index (χ0n) is 12.6. The van der Waals surface area contributed by atoms with E-state index in [1.54, 1.807) is 13.0 Å². The third-order valence-electron chi connectivity index (χ3n) is 3.94. The maximum Gasteiger partial charge on any atom is 0.243 e. The van der Waals surface area contributed by atoms with Gasteiger partial charge < -0.3 is 9.47 Å². The number of benzene rings is 1. The highest BCUT2D eigenvalue weighted by Crippen LogP contribution is 2.34. The molecule has 10 heteroatoms. The van der Waals surface area contributed by atoms with Crippen LogP contribution in [-0.2, 0) is 20.0 Å². The molecule has 1 aromatic rings. The maximum absolute atomic E-state index is 12.7. The molecule has 8 nitrogen and oxygen atoms in total. The molecule has 0 bridgehead atoms. The summed E-state index contributed by atoms with van der Waals surface area (Å²) in [5, 5.41) is 0. The molecule has 1 saturated heterocycles. The molecule has 23 heavy (non-hydrogen) atoms. The minimum atomic E-state index is -3.68. The molecular weight excluding hydrogens is 344 g/mol. The summed E-state index contributed by atoms with van der Waals surface area (Å²) in [5.74, 6) is 0.933. The Labute approximate surface area is 135 Å². The van der Waals surface area contributed by atoms with Gasteiger partial charge in [0.05, 0.1) is 10.6 Å². The second-order valence-electron chi connectivity index (χ2n) is 5.22. The van der Waals surface area contributed by atoms with E-state index in [-0.39, 0.29) is 43.6 Å². The van der Waals surface area contributed by atoms with Crippen LogP contribution in [0.3, 0.4) is 0 Å². The maximum atomic E-state index is 12.7. The van der Waals surface area contributed by atoms with E-state index in [4.69, 9.17) is 9.47 Å². The van der Waals surface area contributed by atoms with Crippen molar-refractivity contribution in [2.75, 3.05) is 38.7 Å². The van der Waals surface area contributed by atoms with E-state index in [1.165, 1.54) is 20.7 Å². The van der Waals surface area contributed by atoms with E-state index < -0.39 is 20.0 Å². The summed E-state index contributed by atoms with van der Waals surface area (Å²) in [6.07, 6.45) is 0. The van der Waals surface area contributed by atoms with Gasteiger partial charge >= 0.3 is 0 Å². The number of sulfonamides is 2. The zero-order valence-corrected chi connectivity index (χ0v) is 14.3. The van der Waals surface area contributed by atoms with Crippen molar-refractivity contribution < 1.29 is 26.3 Å². The van der Waals surface area contributed by atoms with E-state index in [0.717, 1.165) is 0 Å². The predicted octanol–water partition coefficient (Wildman–Crippen LogP) is 0.0713. The molecule has 0 spiro atoms. The predicted molar refractivity (Wildman–Crippen MR) is 82.4 cm³/mol. The number of rotatable bonds is 4. The summed E-state index contributed by atoms with van der Waals surface area (Å²) in [5.41, 5.74) is 0. The number of hydrogen-bond acceptors (Lipinski definition) is 6. The molecule has 128 valence electrons. The van der Waals surface area contributed by atoms with Crippen LogP contribution in [-0.4, -0.2) is 64.2 Å². The molecule has 2 heterocycles. The van der Waals surface area contributed by atoms with Gasteiger partial charge in [-0.1, -0.05) is 0 Å². The van der Waals surface area contributed by atoms with Crippen molar-refractivity contribution in [1.29, 1.82) is 0 Å². The molecule has 0 unspecified atom stereocenters. The van der Waals surface area contributed by atoms with Crippen LogP contribution >= 0.6 is 0 Å². The van der Waals surface area contributed by atoms with Crippen molar-refractivity contribution in [2.24, 2.45) is 0 Å². The zero-order chi connectivity index (χ0) is 16.7. The number of ether oxygens (including phenoxy) is 2. The monoisotopic (exact) mass is 362 g/mol. The summed E-state index contributed by atoms with van der Waals surface area (Å²) < 4.78 is 62.0. The van der Waals surface area contributed by atoms with Gasteiger partial charge in [-0.2, -0.15) is 8.61 Å². The van der Waals surface area contributed by atoms with E-state index in [2.05, 4.69) is 0 Å². The molecule has 0 N–H and O–H groups in total. The fourth-order valence-corrected chi connectivity index (χ4v) is 5.08. The molecule has 0 amide bonds. The number of piperazine rings is 1. The lowest BCUT2D eigenvalue weighted by Crippen LogP contribution is -2.50. The quantitative estimate of drug-likeness (QED) is 0.753. The van der Waals surface area contributed by atoms with Crippen LogP contribution in [0.4, 0.5) is 0 Å². The molecule has 0 saturated carbocycles. The average Bonchev–Trinajstić information content (AvgIpc) is 3.02. The van der Waals surface area contributed by atoms with E-state index in [9.17, 15) is 16.8 Å². The van der Waals surface area contributed by atoms with Crippen LogP contribution < -0.4 is 9.47 Å². The van der Waals surface area contributed by atoms with E-state index in [1.807, 2.05) is 0 Å². The summed E-state index contributed by atoms with van der Waals surface area (Å²) in [6.45, 7) is 2.25. The topological polar surface area (TPSA) is 93.2 Å². The lowest BCUT2D eigenvalue weighted by atomic mass is 10.3. The third-order valence-corrected chi connectivity index (χ3v) is 7.71. The van der Waals surface area contributed by atoms with Crippen LogP contribution in [0.2, 0.25) is 0 Å². The number of hydrogen-bond donors (Lipinski definition) is 0. The Kier molecular flexibility index (Phi) is 4.25. The molecule has 2 aliphatic heterocycles. The number of nitrogens with zero attached hydrogens (tertiary/aromatic N) is 2. The summed E-state index contributed by atoms with van der Waals surface area (Å²) >= 11 is 0. The fraction of sp³-hybridized carbons (Fsp3) is 0.538. The van der Waals surface area contributed by atoms with Gasteiger partial charge in [0.1, 0.15) is 0 Å². The molecular formula is C13H18N2O6S2. The van der Waals surface area contributed by atoms with Gasteiger partial charge in [0.2, 0.25) is 26.8 Å². The van der Waals surface area contributed by atoms with Crippen molar-refractivity contribution in [2.45, 2.75) is 11.8 Å². The Morgan fingerprint density at radius 3 is 2.22 bits per heavy atom. The normalized spacial score (nSPS) is 19.9. The first-order valence-corrected chi connectivity index (χ1v) is 10.3. The van der Waals surface area contributed by atoms with Crippen LogP contribution in [0.1, 0.15) is 6.92 Å². The minimum absolute atomic E-state index is 0.0158. The third kappa shape index (κ3) is 3.03. The van der Waals surface area contributed by atoms with Crippen molar-refractivity contribution in [3.63, 3.8) is 0 Å². The van der Waals surface area contributed by atoms with Crippen LogP contribution in [0.5, 0.6) is 11.5 Å². The van der Waals surface area contributed by atoms with Crippen molar-refractivity contribution >= 4 is 20.0 Å². The molecule has 0 aromatic heterocycles. The van der Waals surface area contributed by atoms with Gasteiger partial charge in [-0.3, -0.25) is 0 Å². The summed E-state index contributed by atoms with van der Waals surface area (Å²) in [7, 11) is -6.97. The second kappa shape index (κ2) is 5.93. The Bertz CT molecular complexity index is 798. The number of fused-ring (bicyclic) bond motifs is 1. The van der Waals surface area contributed by atoms with Gasteiger partial charge in [0.25, 0.3) is 0 Å². The van der Waals surface area contributed by atoms with Crippen LogP contribution in [0.25, 0.3) is 0 Å². The van der Waals surface area contributed by atoms with Crippen molar-refractivity contribution in [3.05, 3.63) is 18.2 Å². The Balaban J connectivity index is 1.77. The highest BCUT2D eigenvalue weighted by molar-refractivity contribution is 7.89. The van der Waals surface area contributed by atoms with Crippen molar-refractivity contribution in [1.82, 2.24) is 8.61 Å². The SMILES string of the molecule is CCS(=O)(=O)N1CCN(S(=O)(=O)c2ccc3c(c2)OCO3)CC1. The van der Waals surface area contributed by atoms with Gasteiger partial charge in [-0.05, 0) is 19.1 Å². The van der Waals surface area contributed by atoms with Gasteiger partial charge in [0.15, 0.2) is 11.5 Å². The average molecular weight is 362 g/mol. The Hall–Kier alpha value is -1.36. The lowest BCUT2D eigenvalue weighted by molar-refractivity contribution is 0.174. The standard InChI is InChI=1S/C13H18N2O6S2/c1-2-22(16,17)14-5-7-15(8-6-14)23(18,19)11-3-4-12-13(9-11)21-10-20-12/h3-4,9H,2,5-8,10H2,1H3. The minimum Gasteiger partial charge on any atom is -0.454 e. The summed E-state index contributed by atoms with van der Waals surface area (Å²) in [6, 6.07) is 4.47. The molecule has 3 rings (SSSR count). The molecule has 1 fully saturated rings. The first-order chi connectivity index (χ1) is 10.8. The second-order valence-corrected chi connectivity index (χ2v) is 9.41. The van der Waals surface area contributed by atoms with Crippen molar-refractivity contribution in [3.8, 4) is 11.5 Å². The summed E-state index contributed by atoms with van der Waals surface area (Å²) in [4.78, 5) is 0.119. The fourth-order valence-electron chi connectivity index (χ4n) is 2.56. The van der Waals surface area contributed by atoms with Crippen LogP contribution in [0, 0.1) is 0 Å².